The molecule has 0 fully saturated rings. The summed E-state index contributed by atoms with van der Waals surface area (Å²) in [6, 6.07) is 3.48. The Morgan fingerprint density at radius 1 is 1.10 bits per heavy atom. The molecule has 0 aromatic heterocycles. The van der Waals surface area contributed by atoms with E-state index in [4.69, 9.17) is 14.2 Å². The molecule has 0 bridgehead atoms. The summed E-state index contributed by atoms with van der Waals surface area (Å²) in [5, 5.41) is 0. The number of esters is 1. The van der Waals surface area contributed by atoms with Crippen molar-refractivity contribution in [3.05, 3.63) is 21.3 Å². The summed E-state index contributed by atoms with van der Waals surface area (Å²) in [5.74, 6) is 1.72. The van der Waals surface area contributed by atoms with Gasteiger partial charge in [-0.1, -0.05) is 27.7 Å². The van der Waals surface area contributed by atoms with Crippen molar-refractivity contribution >= 4 is 28.6 Å². The van der Waals surface area contributed by atoms with Gasteiger partial charge in [0.25, 0.3) is 0 Å². The lowest BCUT2D eigenvalue weighted by atomic mass is 10.2. The van der Waals surface area contributed by atoms with E-state index in [0.717, 1.165) is 3.57 Å². The second-order valence-corrected chi connectivity index (χ2v) is 6.73. The lowest BCUT2D eigenvalue weighted by molar-refractivity contribution is 0.0598. The first-order chi connectivity index (χ1) is 9.86. The molecular weight excluding hydrogens is 383 g/mol. The van der Waals surface area contributed by atoms with Crippen LogP contribution in [0.5, 0.6) is 11.5 Å². The summed E-state index contributed by atoms with van der Waals surface area (Å²) in [6.45, 7) is 9.49. The average Bonchev–Trinajstić information content (AvgIpc) is 2.42. The molecule has 0 amide bonds. The fraction of sp³-hybridized carbons (Fsp3) is 0.562. The van der Waals surface area contributed by atoms with Crippen LogP contribution in [0.25, 0.3) is 0 Å². The van der Waals surface area contributed by atoms with Gasteiger partial charge in [-0.3, -0.25) is 0 Å². The Morgan fingerprint density at radius 2 is 1.67 bits per heavy atom. The third-order valence-electron chi connectivity index (χ3n) is 2.60. The van der Waals surface area contributed by atoms with Crippen LogP contribution in [0.3, 0.4) is 0 Å². The van der Waals surface area contributed by atoms with Crippen LogP contribution in [0.1, 0.15) is 38.1 Å². The molecule has 0 aliphatic rings. The summed E-state index contributed by atoms with van der Waals surface area (Å²) in [6.07, 6.45) is 0. The maximum Gasteiger partial charge on any atom is 0.339 e. The smallest absolute Gasteiger partial charge is 0.339 e. The molecule has 0 heterocycles. The van der Waals surface area contributed by atoms with Gasteiger partial charge in [-0.2, -0.15) is 0 Å². The van der Waals surface area contributed by atoms with E-state index < -0.39 is 0 Å². The number of hydrogen-bond donors (Lipinski definition) is 0. The first-order valence-electron chi connectivity index (χ1n) is 7.03. The van der Waals surface area contributed by atoms with Crippen LogP contribution in [-0.2, 0) is 4.74 Å². The lowest BCUT2D eigenvalue weighted by Crippen LogP contribution is -2.12. The predicted octanol–water partition coefficient (Wildman–Crippen LogP) is 4.15. The van der Waals surface area contributed by atoms with Crippen molar-refractivity contribution in [2.75, 3.05) is 20.3 Å². The Balaban J connectivity index is 3.11. The van der Waals surface area contributed by atoms with Gasteiger partial charge in [0, 0.05) is 0 Å². The van der Waals surface area contributed by atoms with Gasteiger partial charge in [-0.05, 0) is 46.6 Å². The molecule has 1 aromatic rings. The highest BCUT2D eigenvalue weighted by Gasteiger charge is 2.19. The van der Waals surface area contributed by atoms with Gasteiger partial charge in [0.2, 0.25) is 0 Å². The monoisotopic (exact) mass is 406 g/mol. The van der Waals surface area contributed by atoms with Gasteiger partial charge in [-0.25, -0.2) is 4.79 Å². The van der Waals surface area contributed by atoms with Crippen LogP contribution in [0, 0.1) is 15.4 Å². The largest absolute Gasteiger partial charge is 0.489 e. The third kappa shape index (κ3) is 5.37. The maximum absolute atomic E-state index is 11.8. The highest BCUT2D eigenvalue weighted by Crippen LogP contribution is 2.36. The Morgan fingerprint density at radius 3 is 2.19 bits per heavy atom. The maximum atomic E-state index is 11.8. The number of ether oxygens (including phenoxy) is 3. The molecule has 0 unspecified atom stereocenters. The van der Waals surface area contributed by atoms with Crippen LogP contribution < -0.4 is 9.47 Å². The zero-order chi connectivity index (χ0) is 16.0. The molecular formula is C16H23IO4. The van der Waals surface area contributed by atoms with Gasteiger partial charge in [0.15, 0.2) is 11.5 Å². The molecule has 0 saturated heterocycles. The minimum Gasteiger partial charge on any atom is -0.489 e. The van der Waals surface area contributed by atoms with Crippen LogP contribution in [0.15, 0.2) is 12.1 Å². The van der Waals surface area contributed by atoms with Crippen molar-refractivity contribution in [2.45, 2.75) is 27.7 Å². The highest BCUT2D eigenvalue weighted by molar-refractivity contribution is 14.1. The fourth-order valence-corrected chi connectivity index (χ4v) is 2.38. The number of benzene rings is 1. The van der Waals surface area contributed by atoms with Crippen LogP contribution in [0.4, 0.5) is 0 Å². The number of hydrogen-bond acceptors (Lipinski definition) is 4. The fourth-order valence-electron chi connectivity index (χ4n) is 1.56. The van der Waals surface area contributed by atoms with Crippen molar-refractivity contribution in [3.63, 3.8) is 0 Å². The van der Waals surface area contributed by atoms with Crippen molar-refractivity contribution in [2.24, 2.45) is 11.8 Å². The van der Waals surface area contributed by atoms with Crippen LogP contribution in [0.2, 0.25) is 0 Å². The molecule has 1 rings (SSSR count). The summed E-state index contributed by atoms with van der Waals surface area (Å²) in [7, 11) is 1.37. The minimum atomic E-state index is -0.371. The van der Waals surface area contributed by atoms with E-state index >= 15 is 0 Å². The molecule has 0 aliphatic carbocycles. The molecule has 21 heavy (non-hydrogen) atoms. The molecule has 5 heteroatoms. The van der Waals surface area contributed by atoms with E-state index in [1.807, 2.05) is 0 Å². The van der Waals surface area contributed by atoms with E-state index in [0.29, 0.717) is 42.1 Å². The predicted molar refractivity (Wildman–Crippen MR) is 91.2 cm³/mol. The Hall–Kier alpha value is -0.980. The zero-order valence-corrected chi connectivity index (χ0v) is 15.4. The first-order valence-corrected chi connectivity index (χ1v) is 8.11. The van der Waals surface area contributed by atoms with Crippen molar-refractivity contribution in [1.29, 1.82) is 0 Å². The number of halogens is 1. The van der Waals surface area contributed by atoms with Gasteiger partial charge < -0.3 is 14.2 Å². The summed E-state index contributed by atoms with van der Waals surface area (Å²) >= 11 is 2.10. The Labute approximate surface area is 140 Å². The van der Waals surface area contributed by atoms with Gasteiger partial charge in [0.1, 0.15) is 0 Å². The molecule has 0 aliphatic heterocycles. The number of carbonyl (C=O) groups is 1. The van der Waals surface area contributed by atoms with Gasteiger partial charge in [-0.15, -0.1) is 0 Å². The molecule has 0 N–H and O–H groups in total. The zero-order valence-electron chi connectivity index (χ0n) is 13.2. The van der Waals surface area contributed by atoms with Crippen molar-refractivity contribution in [3.8, 4) is 11.5 Å². The topological polar surface area (TPSA) is 44.8 Å². The molecule has 1 aromatic carbocycles. The first kappa shape index (κ1) is 18.1. The van der Waals surface area contributed by atoms with E-state index in [-0.39, 0.29) is 5.97 Å². The van der Waals surface area contributed by atoms with Crippen LogP contribution in [-0.4, -0.2) is 26.3 Å². The lowest BCUT2D eigenvalue weighted by Gasteiger charge is -2.18. The SMILES string of the molecule is COC(=O)c1ccc(OCC(C)C)c(OCC(C)C)c1I. The molecule has 4 nitrogen and oxygen atoms in total. The summed E-state index contributed by atoms with van der Waals surface area (Å²) < 4.78 is 17.2. The second-order valence-electron chi connectivity index (χ2n) is 5.66. The molecule has 118 valence electrons. The Bertz CT molecular complexity index is 483. The molecule has 0 saturated carbocycles. The number of rotatable bonds is 7. The van der Waals surface area contributed by atoms with Crippen molar-refractivity contribution < 1.29 is 19.0 Å². The normalized spacial score (nSPS) is 10.9. The van der Waals surface area contributed by atoms with Gasteiger partial charge >= 0.3 is 5.97 Å². The summed E-state index contributed by atoms with van der Waals surface area (Å²) in [4.78, 5) is 11.8. The van der Waals surface area contributed by atoms with Crippen LogP contribution >= 0.6 is 22.6 Å². The van der Waals surface area contributed by atoms with E-state index in [9.17, 15) is 4.79 Å². The highest BCUT2D eigenvalue weighted by atomic mass is 127. The second kappa shape index (κ2) is 8.46. The Kier molecular flexibility index (Phi) is 7.28. The molecule has 0 radical (unpaired) electrons. The standard InChI is InChI=1S/C16H23IO4/c1-10(2)8-20-13-7-6-12(16(18)19-5)14(17)15(13)21-9-11(3)4/h6-7,10-11H,8-9H2,1-5H3. The van der Waals surface area contributed by atoms with Gasteiger partial charge in [0.05, 0.1) is 29.5 Å². The van der Waals surface area contributed by atoms with Crippen molar-refractivity contribution in [1.82, 2.24) is 0 Å². The minimum absolute atomic E-state index is 0.371. The third-order valence-corrected chi connectivity index (χ3v) is 3.67. The summed E-state index contributed by atoms with van der Waals surface area (Å²) in [5.41, 5.74) is 0.494. The number of methoxy groups -OCH3 is 1. The molecule has 0 spiro atoms. The quantitative estimate of drug-likeness (QED) is 0.504. The van der Waals surface area contributed by atoms with E-state index in [1.165, 1.54) is 7.11 Å². The van der Waals surface area contributed by atoms with E-state index in [2.05, 4.69) is 50.3 Å². The average molecular weight is 406 g/mol. The number of carbonyl (C=O) groups excluding carboxylic acids is 1. The molecule has 0 atom stereocenters. The van der Waals surface area contributed by atoms with E-state index in [1.54, 1.807) is 12.1 Å².